The standard InChI is InChI=1S/C23H27N3O5S/c1-15(27)18-11-20-21(31-14-30-20)12-19(18)25-22(28)13-26-8-5-16(6-9-26)23(29)24-7-4-17-3-2-10-32-17/h2-3,10-12,16H,4-9,13-14H2,1H3,(H,24,29)(H,25,28). The van der Waals surface area contributed by atoms with Crippen LogP contribution in [0.1, 0.15) is 35.0 Å². The lowest BCUT2D eigenvalue weighted by atomic mass is 9.96. The summed E-state index contributed by atoms with van der Waals surface area (Å²) in [6, 6.07) is 7.32. The number of likely N-dealkylation sites (tertiary alicyclic amines) is 1. The molecule has 0 unspecified atom stereocenters. The van der Waals surface area contributed by atoms with Crippen LogP contribution in [0.25, 0.3) is 0 Å². The van der Waals surface area contributed by atoms with Crippen LogP contribution >= 0.6 is 11.3 Å². The number of carbonyl (C=O) groups is 3. The number of anilines is 1. The largest absolute Gasteiger partial charge is 0.454 e. The van der Waals surface area contributed by atoms with Crippen molar-refractivity contribution in [3.63, 3.8) is 0 Å². The van der Waals surface area contributed by atoms with E-state index >= 15 is 0 Å². The third-order valence-corrected chi connectivity index (χ3v) is 6.68. The van der Waals surface area contributed by atoms with E-state index in [4.69, 9.17) is 9.47 Å². The number of nitrogens with one attached hydrogen (secondary N) is 2. The van der Waals surface area contributed by atoms with Crippen molar-refractivity contribution in [2.45, 2.75) is 26.2 Å². The van der Waals surface area contributed by atoms with Crippen molar-refractivity contribution in [1.29, 1.82) is 0 Å². The lowest BCUT2D eigenvalue weighted by Crippen LogP contribution is -2.43. The number of nitrogens with zero attached hydrogens (tertiary/aromatic N) is 1. The number of ether oxygens (including phenoxy) is 2. The van der Waals surface area contributed by atoms with Gasteiger partial charge in [0.1, 0.15) is 0 Å². The highest BCUT2D eigenvalue weighted by atomic mass is 32.1. The van der Waals surface area contributed by atoms with Gasteiger partial charge in [-0.15, -0.1) is 11.3 Å². The molecule has 1 fully saturated rings. The van der Waals surface area contributed by atoms with Gasteiger partial charge in [0, 0.05) is 29.0 Å². The number of carbonyl (C=O) groups excluding carboxylic acids is 3. The molecule has 0 bridgehead atoms. The van der Waals surface area contributed by atoms with Crippen molar-refractivity contribution in [2.24, 2.45) is 5.92 Å². The molecule has 0 aliphatic carbocycles. The molecule has 32 heavy (non-hydrogen) atoms. The summed E-state index contributed by atoms with van der Waals surface area (Å²) in [5.74, 6) is 0.725. The van der Waals surface area contributed by atoms with Crippen molar-refractivity contribution in [3.8, 4) is 11.5 Å². The molecule has 2 amide bonds. The van der Waals surface area contributed by atoms with Crippen molar-refractivity contribution < 1.29 is 23.9 Å². The number of amides is 2. The lowest BCUT2D eigenvalue weighted by Gasteiger charge is -2.30. The molecule has 1 saturated heterocycles. The van der Waals surface area contributed by atoms with Crippen LogP contribution in [-0.4, -0.2) is 55.5 Å². The molecule has 8 nitrogen and oxygen atoms in total. The predicted octanol–water partition coefficient (Wildman–Crippen LogP) is 2.69. The van der Waals surface area contributed by atoms with E-state index in [1.807, 2.05) is 16.3 Å². The Bertz CT molecular complexity index is 984. The van der Waals surface area contributed by atoms with Gasteiger partial charge in [-0.25, -0.2) is 0 Å². The zero-order valence-corrected chi connectivity index (χ0v) is 18.8. The summed E-state index contributed by atoms with van der Waals surface area (Å²) in [5, 5.41) is 7.90. The third-order valence-electron chi connectivity index (χ3n) is 5.74. The van der Waals surface area contributed by atoms with Gasteiger partial charge in [0.05, 0.1) is 12.2 Å². The van der Waals surface area contributed by atoms with Gasteiger partial charge in [-0.2, -0.15) is 0 Å². The summed E-state index contributed by atoms with van der Waals surface area (Å²) in [4.78, 5) is 40.3. The van der Waals surface area contributed by atoms with Crippen LogP contribution in [0.4, 0.5) is 5.69 Å². The molecular formula is C23H27N3O5S. The summed E-state index contributed by atoms with van der Waals surface area (Å²) in [7, 11) is 0. The summed E-state index contributed by atoms with van der Waals surface area (Å²) >= 11 is 1.70. The first-order valence-electron chi connectivity index (χ1n) is 10.8. The second-order valence-corrected chi connectivity index (χ2v) is 9.06. The highest BCUT2D eigenvalue weighted by Crippen LogP contribution is 2.37. The molecule has 2 aliphatic heterocycles. The quantitative estimate of drug-likeness (QED) is 0.592. The Hall–Kier alpha value is -2.91. The maximum atomic E-state index is 12.6. The van der Waals surface area contributed by atoms with Crippen molar-refractivity contribution >= 4 is 34.6 Å². The Kier molecular flexibility index (Phi) is 7.06. The number of Topliss-reactive ketones (excluding diaryl/α,β-unsaturated/α-hetero) is 1. The van der Waals surface area contributed by atoms with E-state index in [0.29, 0.717) is 42.4 Å². The summed E-state index contributed by atoms with van der Waals surface area (Å²) in [5.41, 5.74) is 0.812. The van der Waals surface area contributed by atoms with E-state index in [-0.39, 0.29) is 36.9 Å². The van der Waals surface area contributed by atoms with Crippen LogP contribution in [-0.2, 0) is 16.0 Å². The third kappa shape index (κ3) is 5.46. The lowest BCUT2D eigenvalue weighted by molar-refractivity contribution is -0.126. The molecule has 0 saturated carbocycles. The number of fused-ring (bicyclic) bond motifs is 1. The molecule has 3 heterocycles. The molecule has 2 aliphatic rings. The topological polar surface area (TPSA) is 97.0 Å². The molecule has 170 valence electrons. The monoisotopic (exact) mass is 457 g/mol. The summed E-state index contributed by atoms with van der Waals surface area (Å²) < 4.78 is 10.7. The average molecular weight is 458 g/mol. The van der Waals surface area contributed by atoms with E-state index in [9.17, 15) is 14.4 Å². The Morgan fingerprint density at radius 1 is 1.16 bits per heavy atom. The maximum Gasteiger partial charge on any atom is 0.238 e. The Balaban J connectivity index is 1.23. The summed E-state index contributed by atoms with van der Waals surface area (Å²) in [6.45, 7) is 3.76. The maximum absolute atomic E-state index is 12.6. The Morgan fingerprint density at radius 3 is 2.59 bits per heavy atom. The number of benzene rings is 1. The minimum Gasteiger partial charge on any atom is -0.454 e. The van der Waals surface area contributed by atoms with Crippen molar-refractivity contribution in [3.05, 3.63) is 40.1 Å². The van der Waals surface area contributed by atoms with Gasteiger partial charge < -0.3 is 20.1 Å². The van der Waals surface area contributed by atoms with E-state index < -0.39 is 0 Å². The van der Waals surface area contributed by atoms with E-state index in [1.165, 1.54) is 11.8 Å². The smallest absolute Gasteiger partial charge is 0.238 e. The van der Waals surface area contributed by atoms with Gasteiger partial charge >= 0.3 is 0 Å². The van der Waals surface area contributed by atoms with Crippen molar-refractivity contribution in [2.75, 3.05) is 38.3 Å². The fraction of sp³-hybridized carbons (Fsp3) is 0.435. The van der Waals surface area contributed by atoms with Gasteiger partial charge in [-0.1, -0.05) is 6.07 Å². The molecule has 0 spiro atoms. The highest BCUT2D eigenvalue weighted by molar-refractivity contribution is 7.09. The first-order valence-corrected chi connectivity index (χ1v) is 11.6. The number of hydrogen-bond acceptors (Lipinski definition) is 7. The Labute approximate surface area is 190 Å². The van der Waals surface area contributed by atoms with Gasteiger partial charge in [0.15, 0.2) is 17.3 Å². The van der Waals surface area contributed by atoms with Crippen LogP contribution in [0.15, 0.2) is 29.6 Å². The average Bonchev–Trinajstić information content (AvgIpc) is 3.45. The molecule has 2 aromatic rings. The molecule has 1 aromatic carbocycles. The predicted molar refractivity (Wildman–Crippen MR) is 121 cm³/mol. The fourth-order valence-corrected chi connectivity index (χ4v) is 4.70. The van der Waals surface area contributed by atoms with Gasteiger partial charge in [-0.05, 0) is 56.8 Å². The van der Waals surface area contributed by atoms with Gasteiger partial charge in [-0.3, -0.25) is 19.3 Å². The van der Waals surface area contributed by atoms with Crippen LogP contribution in [0.2, 0.25) is 0 Å². The van der Waals surface area contributed by atoms with E-state index in [1.54, 1.807) is 23.5 Å². The first-order chi connectivity index (χ1) is 15.5. The molecular weight excluding hydrogens is 430 g/mol. The second kappa shape index (κ2) is 10.1. The fourth-order valence-electron chi connectivity index (χ4n) is 3.99. The number of ketones is 1. The highest BCUT2D eigenvalue weighted by Gasteiger charge is 2.26. The number of thiophene rings is 1. The molecule has 9 heteroatoms. The molecule has 0 atom stereocenters. The van der Waals surface area contributed by atoms with E-state index in [0.717, 1.165) is 19.3 Å². The number of rotatable bonds is 8. The number of piperidine rings is 1. The van der Waals surface area contributed by atoms with Crippen LogP contribution in [0.3, 0.4) is 0 Å². The second-order valence-electron chi connectivity index (χ2n) is 8.03. The van der Waals surface area contributed by atoms with E-state index in [2.05, 4.69) is 16.7 Å². The molecule has 4 rings (SSSR count). The van der Waals surface area contributed by atoms with Crippen molar-refractivity contribution in [1.82, 2.24) is 10.2 Å². The minimum absolute atomic E-state index is 0.0178. The first kappa shape index (κ1) is 22.3. The SMILES string of the molecule is CC(=O)c1cc2c(cc1NC(=O)CN1CCC(C(=O)NCCc3cccs3)CC1)OCO2. The Morgan fingerprint density at radius 2 is 1.91 bits per heavy atom. The number of hydrogen-bond donors (Lipinski definition) is 2. The van der Waals surface area contributed by atoms with Gasteiger partial charge in [0.2, 0.25) is 18.6 Å². The normalized spacial score (nSPS) is 16.0. The van der Waals surface area contributed by atoms with Gasteiger partial charge in [0.25, 0.3) is 0 Å². The summed E-state index contributed by atoms with van der Waals surface area (Å²) in [6.07, 6.45) is 2.30. The zero-order chi connectivity index (χ0) is 22.5. The minimum atomic E-state index is -0.204. The van der Waals surface area contributed by atoms with Crippen LogP contribution < -0.4 is 20.1 Å². The molecule has 0 radical (unpaired) electrons. The van der Waals surface area contributed by atoms with Crippen LogP contribution in [0, 0.1) is 5.92 Å². The molecule has 1 aromatic heterocycles. The van der Waals surface area contributed by atoms with Crippen LogP contribution in [0.5, 0.6) is 11.5 Å². The zero-order valence-electron chi connectivity index (χ0n) is 18.0. The molecule has 2 N–H and O–H groups in total.